The molecule has 0 unspecified atom stereocenters. The maximum atomic E-state index is 14.1. The third kappa shape index (κ3) is 6.65. The van der Waals surface area contributed by atoms with Crippen LogP contribution >= 0.6 is 35.0 Å². The molecule has 4 aromatic rings. The lowest BCUT2D eigenvalue weighted by Crippen LogP contribution is -2.28. The van der Waals surface area contributed by atoms with E-state index in [9.17, 15) is 9.18 Å². The molecule has 214 valence electrons. The first-order chi connectivity index (χ1) is 20.2. The van der Waals surface area contributed by atoms with Gasteiger partial charge in [0, 0.05) is 15.6 Å². The van der Waals surface area contributed by atoms with Gasteiger partial charge in [0.15, 0.2) is 16.7 Å². The molecular weight excluding hydrogens is 594 g/mol. The van der Waals surface area contributed by atoms with Crippen LogP contribution in [0.4, 0.5) is 15.8 Å². The molecule has 0 radical (unpaired) electrons. The number of hydrogen-bond acceptors (Lipinski definition) is 5. The van der Waals surface area contributed by atoms with Gasteiger partial charge in [-0.25, -0.2) is 9.38 Å². The van der Waals surface area contributed by atoms with E-state index >= 15 is 0 Å². The Bertz CT molecular complexity index is 1720. The van der Waals surface area contributed by atoms with Gasteiger partial charge >= 0.3 is 0 Å². The highest BCUT2D eigenvalue weighted by molar-refractivity contribution is 8.19. The van der Waals surface area contributed by atoms with Crippen molar-refractivity contribution in [1.29, 1.82) is 0 Å². The summed E-state index contributed by atoms with van der Waals surface area (Å²) in [7, 11) is 0. The Morgan fingerprint density at radius 2 is 1.64 bits per heavy atom. The minimum atomic E-state index is -0.335. The van der Waals surface area contributed by atoms with Crippen LogP contribution < -0.4 is 14.4 Å². The SMILES string of the molecule is CCOc1cc(/C=C2/SC(=Nc3ccc(C)c(Cl)c3)N(c3ccc(C)c(Cl)c3)C2=O)ccc1OCc1ccccc1F. The van der Waals surface area contributed by atoms with Crippen LogP contribution in [0, 0.1) is 19.7 Å². The molecule has 1 fully saturated rings. The molecule has 1 aliphatic rings. The minimum absolute atomic E-state index is 0.0540. The molecule has 4 aromatic carbocycles. The average Bonchev–Trinajstić information content (AvgIpc) is 3.26. The van der Waals surface area contributed by atoms with Crippen molar-refractivity contribution < 1.29 is 18.7 Å². The van der Waals surface area contributed by atoms with Gasteiger partial charge in [0.2, 0.25) is 0 Å². The summed E-state index contributed by atoms with van der Waals surface area (Å²) in [6.07, 6.45) is 1.78. The van der Waals surface area contributed by atoms with Crippen LogP contribution in [-0.2, 0) is 11.4 Å². The molecule has 1 saturated heterocycles. The molecule has 0 N–H and O–H groups in total. The molecule has 5 nitrogen and oxygen atoms in total. The van der Waals surface area contributed by atoms with E-state index in [2.05, 4.69) is 0 Å². The van der Waals surface area contributed by atoms with Crippen molar-refractivity contribution >= 4 is 63.5 Å². The summed E-state index contributed by atoms with van der Waals surface area (Å²) >= 11 is 14.0. The molecule has 0 aliphatic carbocycles. The topological polar surface area (TPSA) is 51.1 Å². The van der Waals surface area contributed by atoms with Crippen molar-refractivity contribution in [2.75, 3.05) is 11.5 Å². The number of rotatable bonds is 8. The zero-order chi connectivity index (χ0) is 29.8. The summed E-state index contributed by atoms with van der Waals surface area (Å²) in [4.78, 5) is 20.6. The monoisotopic (exact) mass is 620 g/mol. The molecule has 9 heteroatoms. The number of amides is 1. The summed E-state index contributed by atoms with van der Waals surface area (Å²) in [6, 6.07) is 22.8. The normalized spacial score (nSPS) is 15.1. The first kappa shape index (κ1) is 29.7. The van der Waals surface area contributed by atoms with Gasteiger partial charge < -0.3 is 9.47 Å². The molecule has 0 bridgehead atoms. The van der Waals surface area contributed by atoms with Crippen LogP contribution in [0.2, 0.25) is 10.0 Å². The number of aliphatic imine (C=N–C) groups is 1. The van der Waals surface area contributed by atoms with Crippen molar-refractivity contribution in [1.82, 2.24) is 0 Å². The Hall–Kier alpha value is -3.78. The Balaban J connectivity index is 1.48. The maximum absolute atomic E-state index is 14.1. The van der Waals surface area contributed by atoms with Crippen LogP contribution in [0.1, 0.15) is 29.2 Å². The molecule has 0 spiro atoms. The number of amidine groups is 1. The zero-order valence-electron chi connectivity index (χ0n) is 23.2. The minimum Gasteiger partial charge on any atom is -0.490 e. The first-order valence-corrected chi connectivity index (χ1v) is 14.8. The van der Waals surface area contributed by atoms with Crippen LogP contribution in [0.15, 0.2) is 88.8 Å². The number of nitrogens with zero attached hydrogens (tertiary/aromatic N) is 2. The Kier molecular flexibility index (Phi) is 9.21. The summed E-state index contributed by atoms with van der Waals surface area (Å²) in [5.41, 5.74) is 4.24. The average molecular weight is 622 g/mol. The lowest BCUT2D eigenvalue weighted by atomic mass is 10.1. The van der Waals surface area contributed by atoms with Crippen molar-refractivity contribution in [2.45, 2.75) is 27.4 Å². The van der Waals surface area contributed by atoms with Crippen LogP contribution in [0.25, 0.3) is 6.08 Å². The van der Waals surface area contributed by atoms with Gasteiger partial charge in [0.25, 0.3) is 5.91 Å². The van der Waals surface area contributed by atoms with Crippen LogP contribution in [0.3, 0.4) is 0 Å². The summed E-state index contributed by atoms with van der Waals surface area (Å²) in [5, 5.41) is 1.61. The second-order valence-electron chi connectivity index (χ2n) is 9.53. The standard InChI is InChI=1S/C33H27Cl2FN2O3S/c1-4-40-30-15-22(11-14-29(30)41-19-23-7-5-6-8-28(23)36)16-31-32(39)38(25-13-10-21(3)27(35)18-25)33(42-31)37-24-12-9-20(2)26(34)17-24/h5-18H,4,19H2,1-3H3/b31-16+,37-33?. The highest BCUT2D eigenvalue weighted by Gasteiger charge is 2.35. The first-order valence-electron chi connectivity index (χ1n) is 13.2. The maximum Gasteiger partial charge on any atom is 0.271 e. The van der Waals surface area contributed by atoms with E-state index in [0.717, 1.165) is 16.7 Å². The fourth-order valence-electron chi connectivity index (χ4n) is 4.18. The fraction of sp³-hybridized carbons (Fsp3) is 0.152. The summed E-state index contributed by atoms with van der Waals surface area (Å²) in [5.74, 6) is 0.388. The van der Waals surface area contributed by atoms with Crippen LogP contribution in [0.5, 0.6) is 11.5 Å². The lowest BCUT2D eigenvalue weighted by molar-refractivity contribution is -0.113. The molecule has 42 heavy (non-hydrogen) atoms. The molecule has 0 atom stereocenters. The van der Waals surface area contributed by atoms with Gasteiger partial charge in [-0.1, -0.05) is 59.6 Å². The number of halogens is 3. The van der Waals surface area contributed by atoms with Gasteiger partial charge in [-0.2, -0.15) is 0 Å². The number of benzene rings is 4. The predicted molar refractivity (Wildman–Crippen MR) is 171 cm³/mol. The smallest absolute Gasteiger partial charge is 0.271 e. The van der Waals surface area contributed by atoms with Gasteiger partial charge in [-0.05, 0) is 97.8 Å². The number of anilines is 1. The van der Waals surface area contributed by atoms with E-state index < -0.39 is 0 Å². The number of ether oxygens (including phenoxy) is 2. The number of hydrogen-bond donors (Lipinski definition) is 0. The molecule has 1 amide bonds. The number of thioether (sulfide) groups is 1. The largest absolute Gasteiger partial charge is 0.490 e. The highest BCUT2D eigenvalue weighted by Crippen LogP contribution is 2.40. The van der Waals surface area contributed by atoms with E-state index in [-0.39, 0.29) is 18.3 Å². The van der Waals surface area contributed by atoms with Crippen molar-refractivity contribution in [3.63, 3.8) is 0 Å². The van der Waals surface area contributed by atoms with Gasteiger partial charge in [-0.15, -0.1) is 0 Å². The Labute approximate surface area is 258 Å². The fourth-order valence-corrected chi connectivity index (χ4v) is 5.53. The predicted octanol–water partition coefficient (Wildman–Crippen LogP) is 9.54. The second kappa shape index (κ2) is 13.0. The molecule has 1 aliphatic heterocycles. The Morgan fingerprint density at radius 1 is 0.905 bits per heavy atom. The lowest BCUT2D eigenvalue weighted by Gasteiger charge is -2.16. The summed E-state index contributed by atoms with van der Waals surface area (Å²) < 4.78 is 25.8. The van der Waals surface area contributed by atoms with E-state index in [1.165, 1.54) is 17.8 Å². The van der Waals surface area contributed by atoms with E-state index in [1.54, 1.807) is 53.4 Å². The molecule has 5 rings (SSSR count). The second-order valence-corrected chi connectivity index (χ2v) is 11.4. The van der Waals surface area contributed by atoms with Crippen LogP contribution in [-0.4, -0.2) is 17.7 Å². The van der Waals surface area contributed by atoms with E-state index in [4.69, 9.17) is 37.7 Å². The molecule has 1 heterocycles. The van der Waals surface area contributed by atoms with Crippen molar-refractivity contribution in [3.05, 3.63) is 122 Å². The molecule has 0 aromatic heterocycles. The van der Waals surface area contributed by atoms with Crippen molar-refractivity contribution in [3.8, 4) is 11.5 Å². The molecule has 0 saturated carbocycles. The van der Waals surface area contributed by atoms with E-state index in [1.807, 2.05) is 51.1 Å². The Morgan fingerprint density at radius 3 is 2.36 bits per heavy atom. The molecular formula is C33H27Cl2FN2O3S. The number of carbonyl (C=O) groups is 1. The van der Waals surface area contributed by atoms with Gasteiger partial charge in [-0.3, -0.25) is 9.69 Å². The third-order valence-electron chi connectivity index (χ3n) is 6.51. The third-order valence-corrected chi connectivity index (χ3v) is 8.29. The highest BCUT2D eigenvalue weighted by atomic mass is 35.5. The van der Waals surface area contributed by atoms with Gasteiger partial charge in [0.1, 0.15) is 12.4 Å². The van der Waals surface area contributed by atoms with Crippen molar-refractivity contribution in [2.24, 2.45) is 4.99 Å². The summed E-state index contributed by atoms with van der Waals surface area (Å²) in [6.45, 7) is 6.15. The zero-order valence-corrected chi connectivity index (χ0v) is 25.5. The van der Waals surface area contributed by atoms with Gasteiger partial charge in [0.05, 0.1) is 22.9 Å². The number of aryl methyl sites for hydroxylation is 2. The quantitative estimate of drug-likeness (QED) is 0.184. The van der Waals surface area contributed by atoms with E-state index in [0.29, 0.717) is 55.2 Å². The number of carbonyl (C=O) groups excluding carboxylic acids is 1.